The average molecular weight is 223 g/mol. The van der Waals surface area contributed by atoms with Gasteiger partial charge in [0, 0.05) is 12.6 Å². The molecule has 6 nitrogen and oxygen atoms in total. The molecule has 6 heteroatoms. The SMILES string of the molecule is CCc1c(N)ncnc1NC(C)C(=O)NC. The number of carbonyl (C=O) groups excluding carboxylic acids is 1. The Morgan fingerprint density at radius 3 is 2.81 bits per heavy atom. The maximum Gasteiger partial charge on any atom is 0.241 e. The van der Waals surface area contributed by atoms with Crippen LogP contribution in [0.25, 0.3) is 0 Å². The number of carbonyl (C=O) groups is 1. The molecule has 0 aromatic carbocycles. The van der Waals surface area contributed by atoms with E-state index in [1.165, 1.54) is 6.33 Å². The molecule has 1 heterocycles. The molecule has 0 bridgehead atoms. The van der Waals surface area contributed by atoms with Crippen LogP contribution in [0.15, 0.2) is 6.33 Å². The van der Waals surface area contributed by atoms with Gasteiger partial charge in [0.25, 0.3) is 0 Å². The summed E-state index contributed by atoms with van der Waals surface area (Å²) in [6.07, 6.45) is 2.10. The third-order valence-corrected chi connectivity index (χ3v) is 2.33. The number of nitrogens with two attached hydrogens (primary N) is 1. The number of anilines is 2. The second-order valence-corrected chi connectivity index (χ2v) is 3.42. The van der Waals surface area contributed by atoms with E-state index in [9.17, 15) is 4.79 Å². The lowest BCUT2D eigenvalue weighted by Gasteiger charge is -2.15. The van der Waals surface area contributed by atoms with Crippen LogP contribution in [0.1, 0.15) is 19.4 Å². The van der Waals surface area contributed by atoms with Crippen LogP contribution in [-0.2, 0) is 11.2 Å². The summed E-state index contributed by atoms with van der Waals surface area (Å²) in [6, 6.07) is -0.357. The molecular formula is C10H17N5O. The van der Waals surface area contributed by atoms with E-state index >= 15 is 0 Å². The average Bonchev–Trinajstić information content (AvgIpc) is 2.28. The number of amides is 1. The minimum Gasteiger partial charge on any atom is -0.383 e. The second-order valence-electron chi connectivity index (χ2n) is 3.42. The largest absolute Gasteiger partial charge is 0.383 e. The minimum atomic E-state index is -0.357. The zero-order chi connectivity index (χ0) is 12.1. The molecule has 1 aromatic heterocycles. The van der Waals surface area contributed by atoms with Gasteiger partial charge in [-0.2, -0.15) is 0 Å². The Balaban J connectivity index is 2.88. The van der Waals surface area contributed by atoms with Crippen molar-refractivity contribution in [2.24, 2.45) is 0 Å². The van der Waals surface area contributed by atoms with Gasteiger partial charge in [-0.1, -0.05) is 6.92 Å². The van der Waals surface area contributed by atoms with Crippen LogP contribution in [0.2, 0.25) is 0 Å². The van der Waals surface area contributed by atoms with Crippen molar-refractivity contribution in [3.63, 3.8) is 0 Å². The Kier molecular flexibility index (Phi) is 4.04. The molecule has 4 N–H and O–H groups in total. The normalized spacial score (nSPS) is 11.9. The van der Waals surface area contributed by atoms with Gasteiger partial charge in [0.2, 0.25) is 5.91 Å². The van der Waals surface area contributed by atoms with Crippen LogP contribution in [0.5, 0.6) is 0 Å². The third-order valence-electron chi connectivity index (χ3n) is 2.33. The van der Waals surface area contributed by atoms with E-state index in [0.29, 0.717) is 11.6 Å². The standard InChI is InChI=1S/C10H17N5O/c1-4-7-8(11)13-5-14-9(7)15-6(2)10(16)12-3/h5-6H,4H2,1-3H3,(H,12,16)(H3,11,13,14,15). The van der Waals surface area contributed by atoms with Crippen LogP contribution in [-0.4, -0.2) is 29.0 Å². The summed E-state index contributed by atoms with van der Waals surface area (Å²) in [5, 5.41) is 5.57. The molecule has 88 valence electrons. The summed E-state index contributed by atoms with van der Waals surface area (Å²) >= 11 is 0. The predicted molar refractivity (Wildman–Crippen MR) is 63.0 cm³/mol. The first kappa shape index (κ1) is 12.2. The fourth-order valence-corrected chi connectivity index (χ4v) is 1.39. The number of likely N-dealkylation sites (N-methyl/N-ethyl adjacent to an activating group) is 1. The van der Waals surface area contributed by atoms with Crippen LogP contribution in [0, 0.1) is 0 Å². The van der Waals surface area contributed by atoms with Gasteiger partial charge < -0.3 is 16.4 Å². The molecule has 1 amide bonds. The van der Waals surface area contributed by atoms with Crippen molar-refractivity contribution in [2.75, 3.05) is 18.1 Å². The fraction of sp³-hybridized carbons (Fsp3) is 0.500. The monoisotopic (exact) mass is 223 g/mol. The molecule has 0 fully saturated rings. The molecular weight excluding hydrogens is 206 g/mol. The first-order chi connectivity index (χ1) is 7.60. The molecule has 0 spiro atoms. The maximum atomic E-state index is 11.4. The summed E-state index contributed by atoms with van der Waals surface area (Å²) in [5.74, 6) is 0.967. The van der Waals surface area contributed by atoms with E-state index in [-0.39, 0.29) is 11.9 Å². The summed E-state index contributed by atoms with van der Waals surface area (Å²) in [6.45, 7) is 3.72. The van der Waals surface area contributed by atoms with Crippen molar-refractivity contribution in [1.29, 1.82) is 0 Å². The molecule has 0 aliphatic heterocycles. The number of hydrogen-bond donors (Lipinski definition) is 3. The zero-order valence-corrected chi connectivity index (χ0v) is 9.74. The number of nitrogens with zero attached hydrogens (tertiary/aromatic N) is 2. The van der Waals surface area contributed by atoms with Crippen molar-refractivity contribution < 1.29 is 4.79 Å². The highest BCUT2D eigenvalue weighted by molar-refractivity contribution is 5.83. The van der Waals surface area contributed by atoms with Crippen molar-refractivity contribution >= 4 is 17.5 Å². The van der Waals surface area contributed by atoms with Crippen LogP contribution < -0.4 is 16.4 Å². The van der Waals surface area contributed by atoms with E-state index in [1.807, 2.05) is 6.92 Å². The molecule has 0 saturated heterocycles. The van der Waals surface area contributed by atoms with Crippen LogP contribution in [0.3, 0.4) is 0 Å². The third kappa shape index (κ3) is 2.59. The van der Waals surface area contributed by atoms with E-state index in [4.69, 9.17) is 5.73 Å². The van der Waals surface area contributed by atoms with E-state index in [2.05, 4.69) is 20.6 Å². The molecule has 0 aliphatic carbocycles. The molecule has 1 aromatic rings. The molecule has 16 heavy (non-hydrogen) atoms. The Hall–Kier alpha value is -1.85. The molecule has 1 unspecified atom stereocenters. The zero-order valence-electron chi connectivity index (χ0n) is 9.74. The molecule has 1 rings (SSSR count). The van der Waals surface area contributed by atoms with Gasteiger partial charge in [0.05, 0.1) is 0 Å². The van der Waals surface area contributed by atoms with Gasteiger partial charge in [0.1, 0.15) is 24.0 Å². The van der Waals surface area contributed by atoms with Gasteiger partial charge in [-0.05, 0) is 13.3 Å². The summed E-state index contributed by atoms with van der Waals surface area (Å²) < 4.78 is 0. The minimum absolute atomic E-state index is 0.0979. The van der Waals surface area contributed by atoms with E-state index in [0.717, 1.165) is 12.0 Å². The summed E-state index contributed by atoms with van der Waals surface area (Å²) in [5.41, 5.74) is 6.56. The van der Waals surface area contributed by atoms with Gasteiger partial charge >= 0.3 is 0 Å². The Labute approximate surface area is 94.7 Å². The summed E-state index contributed by atoms with van der Waals surface area (Å²) in [7, 11) is 1.59. The second kappa shape index (κ2) is 5.29. The Morgan fingerprint density at radius 1 is 1.56 bits per heavy atom. The lowest BCUT2D eigenvalue weighted by molar-refractivity contribution is -0.121. The fourth-order valence-electron chi connectivity index (χ4n) is 1.39. The van der Waals surface area contributed by atoms with Crippen LogP contribution >= 0.6 is 0 Å². The summed E-state index contributed by atoms with van der Waals surface area (Å²) in [4.78, 5) is 19.3. The number of aromatic nitrogens is 2. The maximum absolute atomic E-state index is 11.4. The topological polar surface area (TPSA) is 92.9 Å². The highest BCUT2D eigenvalue weighted by Gasteiger charge is 2.14. The lowest BCUT2D eigenvalue weighted by atomic mass is 10.2. The highest BCUT2D eigenvalue weighted by atomic mass is 16.2. The highest BCUT2D eigenvalue weighted by Crippen LogP contribution is 2.18. The predicted octanol–water partition coefficient (Wildman–Crippen LogP) is 0.168. The molecule has 0 radical (unpaired) electrons. The van der Waals surface area contributed by atoms with Gasteiger partial charge in [0.15, 0.2) is 0 Å². The van der Waals surface area contributed by atoms with E-state index < -0.39 is 0 Å². The van der Waals surface area contributed by atoms with Gasteiger partial charge in [-0.25, -0.2) is 9.97 Å². The van der Waals surface area contributed by atoms with Gasteiger partial charge in [-0.15, -0.1) is 0 Å². The number of rotatable bonds is 4. The molecule has 0 saturated carbocycles. The number of hydrogen-bond acceptors (Lipinski definition) is 5. The number of nitrogens with one attached hydrogen (secondary N) is 2. The number of nitrogen functional groups attached to an aromatic ring is 1. The van der Waals surface area contributed by atoms with Crippen molar-refractivity contribution in [1.82, 2.24) is 15.3 Å². The lowest BCUT2D eigenvalue weighted by Crippen LogP contribution is -2.35. The first-order valence-electron chi connectivity index (χ1n) is 5.17. The van der Waals surface area contributed by atoms with Crippen molar-refractivity contribution in [3.8, 4) is 0 Å². The van der Waals surface area contributed by atoms with Crippen LogP contribution in [0.4, 0.5) is 11.6 Å². The molecule has 1 atom stereocenters. The Morgan fingerprint density at radius 2 is 2.25 bits per heavy atom. The molecule has 0 aliphatic rings. The van der Waals surface area contributed by atoms with Crippen molar-refractivity contribution in [2.45, 2.75) is 26.3 Å². The van der Waals surface area contributed by atoms with E-state index in [1.54, 1.807) is 14.0 Å². The Bertz CT molecular complexity index is 379. The van der Waals surface area contributed by atoms with Gasteiger partial charge in [-0.3, -0.25) is 4.79 Å². The van der Waals surface area contributed by atoms with Crippen molar-refractivity contribution in [3.05, 3.63) is 11.9 Å². The first-order valence-corrected chi connectivity index (χ1v) is 5.17. The smallest absolute Gasteiger partial charge is 0.241 e. The quantitative estimate of drug-likeness (QED) is 0.676.